The molecule has 0 aromatic heterocycles. The molecule has 1 saturated heterocycles. The number of aliphatic hydroxyl groups is 1. The fraction of sp³-hybridized carbons (Fsp3) is 0.900. The molecule has 0 radical (unpaired) electrons. The van der Waals surface area contributed by atoms with Crippen molar-refractivity contribution in [3.8, 4) is 0 Å². The molecule has 90 valence electrons. The summed E-state index contributed by atoms with van der Waals surface area (Å²) < 4.78 is 5.08. The van der Waals surface area contributed by atoms with E-state index in [1.54, 1.807) is 0 Å². The minimum absolute atomic E-state index is 0.0875. The van der Waals surface area contributed by atoms with Gasteiger partial charge in [0, 0.05) is 19.5 Å². The molecule has 1 rings (SSSR count). The van der Waals surface area contributed by atoms with E-state index in [0.29, 0.717) is 12.8 Å². The van der Waals surface area contributed by atoms with E-state index in [4.69, 9.17) is 9.84 Å². The van der Waals surface area contributed by atoms with Gasteiger partial charge in [-0.3, -0.25) is 0 Å². The van der Waals surface area contributed by atoms with Crippen molar-refractivity contribution in [3.05, 3.63) is 0 Å². The Labute approximate surface area is 90.6 Å². The molecule has 0 aromatic rings. The third-order valence-corrected chi connectivity index (χ3v) is 2.32. The van der Waals surface area contributed by atoms with E-state index >= 15 is 0 Å². The average molecular weight is 219 g/mol. The normalized spacial score (nSPS) is 30.1. The zero-order valence-electron chi connectivity index (χ0n) is 9.80. The maximum atomic E-state index is 10.6. The van der Waals surface area contributed by atoms with Gasteiger partial charge in [0.05, 0.1) is 6.10 Å². The maximum absolute atomic E-state index is 10.6. The second-order valence-corrected chi connectivity index (χ2v) is 3.42. The number of carboxylic acid groups (broad SMARTS) is 1. The Morgan fingerprint density at radius 2 is 1.93 bits per heavy atom. The van der Waals surface area contributed by atoms with Gasteiger partial charge in [-0.25, -0.2) is 4.79 Å². The lowest BCUT2D eigenvalue weighted by molar-refractivity contribution is -0.171. The van der Waals surface area contributed by atoms with Gasteiger partial charge < -0.3 is 19.8 Å². The SMILES string of the molecule is CC.C[C@@H]1CC(N(C)C(=O)O)CC(O)O1. The van der Waals surface area contributed by atoms with Gasteiger partial charge in [0.2, 0.25) is 0 Å². The van der Waals surface area contributed by atoms with Gasteiger partial charge >= 0.3 is 6.09 Å². The van der Waals surface area contributed by atoms with E-state index in [1.165, 1.54) is 11.9 Å². The van der Waals surface area contributed by atoms with Gasteiger partial charge in [-0.1, -0.05) is 13.8 Å². The van der Waals surface area contributed by atoms with E-state index < -0.39 is 12.4 Å². The molecule has 1 heterocycles. The highest BCUT2D eigenvalue weighted by Gasteiger charge is 2.30. The highest BCUT2D eigenvalue weighted by Crippen LogP contribution is 2.21. The minimum atomic E-state index is -0.966. The van der Waals surface area contributed by atoms with Gasteiger partial charge in [-0.05, 0) is 13.3 Å². The predicted molar refractivity (Wildman–Crippen MR) is 56.7 cm³/mol. The third-order valence-electron chi connectivity index (χ3n) is 2.32. The Hall–Kier alpha value is -0.810. The van der Waals surface area contributed by atoms with E-state index in [0.717, 1.165) is 0 Å². The largest absolute Gasteiger partial charge is 0.465 e. The Morgan fingerprint density at radius 3 is 2.33 bits per heavy atom. The Bertz CT molecular complexity index is 188. The summed E-state index contributed by atoms with van der Waals surface area (Å²) in [5.74, 6) is 0. The van der Waals surface area contributed by atoms with Gasteiger partial charge in [0.25, 0.3) is 0 Å². The van der Waals surface area contributed by atoms with Gasteiger partial charge in [0.15, 0.2) is 6.29 Å². The van der Waals surface area contributed by atoms with Gasteiger partial charge in [-0.15, -0.1) is 0 Å². The molecule has 1 aliphatic rings. The Balaban J connectivity index is 0.000000921. The number of hydrogen-bond donors (Lipinski definition) is 2. The first-order chi connectivity index (χ1) is 7.00. The standard InChI is InChI=1S/C8H15NO4.C2H6/c1-5-3-6(4-7(10)13-5)9(2)8(11)12;1-2/h5-7,10H,3-4H2,1-2H3,(H,11,12);1-2H3/t5-,6?,7?;/m1./s1. The molecule has 2 N–H and O–H groups in total. The monoisotopic (exact) mass is 219 g/mol. The van der Waals surface area contributed by atoms with E-state index in [2.05, 4.69) is 0 Å². The number of rotatable bonds is 1. The summed E-state index contributed by atoms with van der Waals surface area (Å²) in [5.41, 5.74) is 0. The van der Waals surface area contributed by atoms with Crippen LogP contribution in [0.4, 0.5) is 4.79 Å². The van der Waals surface area contributed by atoms with Crippen LogP contribution in [0.2, 0.25) is 0 Å². The smallest absolute Gasteiger partial charge is 0.407 e. The quantitative estimate of drug-likeness (QED) is 0.701. The Kier molecular flexibility index (Phi) is 6.27. The molecule has 0 aromatic carbocycles. The molecular weight excluding hydrogens is 198 g/mol. The predicted octanol–water partition coefficient (Wildman–Crippen LogP) is 1.51. The van der Waals surface area contributed by atoms with Crippen molar-refractivity contribution in [2.24, 2.45) is 0 Å². The lowest BCUT2D eigenvalue weighted by Gasteiger charge is -2.35. The highest BCUT2D eigenvalue weighted by molar-refractivity contribution is 5.64. The number of ether oxygens (including phenoxy) is 1. The van der Waals surface area contributed by atoms with Crippen LogP contribution < -0.4 is 0 Å². The van der Waals surface area contributed by atoms with Crippen molar-refractivity contribution >= 4 is 6.09 Å². The minimum Gasteiger partial charge on any atom is -0.465 e. The summed E-state index contributed by atoms with van der Waals surface area (Å²) >= 11 is 0. The molecular formula is C10H21NO4. The van der Waals surface area contributed by atoms with E-state index in [-0.39, 0.29) is 12.1 Å². The summed E-state index contributed by atoms with van der Waals surface area (Å²) in [4.78, 5) is 11.8. The van der Waals surface area contributed by atoms with Crippen LogP contribution in [0, 0.1) is 0 Å². The number of carbonyl (C=O) groups is 1. The lowest BCUT2D eigenvalue weighted by atomic mass is 10.0. The van der Waals surface area contributed by atoms with E-state index in [9.17, 15) is 9.90 Å². The molecule has 3 atom stereocenters. The fourth-order valence-corrected chi connectivity index (χ4v) is 1.56. The van der Waals surface area contributed by atoms with Crippen LogP contribution in [0.15, 0.2) is 0 Å². The van der Waals surface area contributed by atoms with Crippen LogP contribution in [0.1, 0.15) is 33.6 Å². The first kappa shape index (κ1) is 14.2. The molecule has 0 bridgehead atoms. The number of hydrogen-bond acceptors (Lipinski definition) is 3. The molecule has 1 aliphatic heterocycles. The summed E-state index contributed by atoms with van der Waals surface area (Å²) in [6.07, 6.45) is -0.898. The Morgan fingerprint density at radius 1 is 1.40 bits per heavy atom. The van der Waals surface area contributed by atoms with Crippen molar-refractivity contribution in [2.75, 3.05) is 7.05 Å². The summed E-state index contributed by atoms with van der Waals surface area (Å²) in [7, 11) is 1.51. The van der Waals surface area contributed by atoms with Crippen LogP contribution in [0.5, 0.6) is 0 Å². The number of amides is 1. The second-order valence-electron chi connectivity index (χ2n) is 3.42. The van der Waals surface area contributed by atoms with Crippen molar-refractivity contribution < 1.29 is 19.7 Å². The molecule has 1 amide bonds. The molecule has 5 nitrogen and oxygen atoms in total. The first-order valence-electron chi connectivity index (χ1n) is 5.30. The van der Waals surface area contributed by atoms with Gasteiger partial charge in [-0.2, -0.15) is 0 Å². The van der Waals surface area contributed by atoms with Crippen LogP contribution >= 0.6 is 0 Å². The molecule has 1 fully saturated rings. The van der Waals surface area contributed by atoms with Crippen molar-refractivity contribution in [1.29, 1.82) is 0 Å². The maximum Gasteiger partial charge on any atom is 0.407 e. The van der Waals surface area contributed by atoms with Crippen molar-refractivity contribution in [1.82, 2.24) is 4.90 Å². The topological polar surface area (TPSA) is 70.0 Å². The molecule has 2 unspecified atom stereocenters. The average Bonchev–Trinajstić information content (AvgIpc) is 2.18. The molecule has 15 heavy (non-hydrogen) atoms. The summed E-state index contributed by atoms with van der Waals surface area (Å²) in [6.45, 7) is 5.82. The van der Waals surface area contributed by atoms with Crippen molar-refractivity contribution in [2.45, 2.75) is 52.0 Å². The fourth-order valence-electron chi connectivity index (χ4n) is 1.56. The number of aliphatic hydroxyl groups excluding tert-OH is 1. The summed E-state index contributed by atoms with van der Waals surface area (Å²) in [6, 6.07) is -0.142. The molecule has 5 heteroatoms. The second kappa shape index (κ2) is 6.63. The zero-order valence-corrected chi connectivity index (χ0v) is 9.80. The first-order valence-corrected chi connectivity index (χ1v) is 5.30. The molecule has 0 spiro atoms. The lowest BCUT2D eigenvalue weighted by Crippen LogP contribution is -2.45. The summed E-state index contributed by atoms with van der Waals surface area (Å²) in [5, 5.41) is 17.9. The van der Waals surface area contributed by atoms with Crippen LogP contribution in [0.3, 0.4) is 0 Å². The van der Waals surface area contributed by atoms with Crippen LogP contribution in [0.25, 0.3) is 0 Å². The molecule has 0 saturated carbocycles. The van der Waals surface area contributed by atoms with Crippen LogP contribution in [-0.2, 0) is 4.74 Å². The number of nitrogens with zero attached hydrogens (tertiary/aromatic N) is 1. The molecule has 0 aliphatic carbocycles. The van der Waals surface area contributed by atoms with Gasteiger partial charge in [0.1, 0.15) is 0 Å². The zero-order chi connectivity index (χ0) is 12.0. The highest BCUT2D eigenvalue weighted by atomic mass is 16.6. The van der Waals surface area contributed by atoms with Crippen LogP contribution in [-0.4, -0.2) is 46.7 Å². The van der Waals surface area contributed by atoms with E-state index in [1.807, 2.05) is 20.8 Å². The third kappa shape index (κ3) is 4.48. The van der Waals surface area contributed by atoms with Crippen molar-refractivity contribution in [3.63, 3.8) is 0 Å².